The zero-order valence-electron chi connectivity index (χ0n) is 10.2. The monoisotopic (exact) mass is 295 g/mol. The number of nitrogens with one attached hydrogen (secondary N) is 1. The average molecular weight is 295 g/mol. The van der Waals surface area contributed by atoms with Gasteiger partial charge in [0.1, 0.15) is 0 Å². The predicted molar refractivity (Wildman–Crippen MR) is 74.5 cm³/mol. The number of hydrogen-bond acceptors (Lipinski definition) is 4. The van der Waals surface area contributed by atoms with Crippen LogP contribution in [-0.4, -0.2) is 14.3 Å². The summed E-state index contributed by atoms with van der Waals surface area (Å²) in [6.45, 7) is 1.67. The van der Waals surface area contributed by atoms with E-state index in [1.165, 1.54) is 22.8 Å². The molecule has 1 unspecified atom stereocenters. The molecule has 100 valence electrons. The number of amides is 1. The molecule has 1 aromatic heterocycles. The van der Waals surface area contributed by atoms with Crippen molar-refractivity contribution >= 4 is 27.3 Å². The van der Waals surface area contributed by atoms with Gasteiger partial charge in [0, 0.05) is 5.38 Å². The number of benzene rings is 1. The summed E-state index contributed by atoms with van der Waals surface area (Å²) in [6.07, 6.45) is 0. The number of carbonyl (C=O) groups is 1. The Balaban J connectivity index is 2.14. The van der Waals surface area contributed by atoms with Gasteiger partial charge in [-0.2, -0.15) is 11.3 Å². The first-order valence-electron chi connectivity index (χ1n) is 5.64. The van der Waals surface area contributed by atoms with Crippen molar-refractivity contribution in [2.45, 2.75) is 17.7 Å². The molecule has 19 heavy (non-hydrogen) atoms. The lowest BCUT2D eigenvalue weighted by Crippen LogP contribution is -2.33. The molecule has 2 rings (SSSR count). The Morgan fingerprint density at radius 3 is 2.47 bits per heavy atom. The maximum Gasteiger partial charge on any atom is 0.264 e. The Bertz CT molecular complexity index is 648. The highest BCUT2D eigenvalue weighted by molar-refractivity contribution is 7.90. The highest BCUT2D eigenvalue weighted by atomic mass is 32.2. The van der Waals surface area contributed by atoms with Crippen molar-refractivity contribution < 1.29 is 13.2 Å². The van der Waals surface area contributed by atoms with Gasteiger partial charge in [-0.1, -0.05) is 30.3 Å². The summed E-state index contributed by atoms with van der Waals surface area (Å²) in [4.78, 5) is 12.1. The van der Waals surface area contributed by atoms with E-state index in [-0.39, 0.29) is 4.90 Å². The van der Waals surface area contributed by atoms with E-state index in [0.717, 1.165) is 5.56 Å². The van der Waals surface area contributed by atoms with Crippen LogP contribution in [0.4, 0.5) is 0 Å². The van der Waals surface area contributed by atoms with E-state index in [2.05, 4.69) is 4.72 Å². The minimum Gasteiger partial charge on any atom is -0.273 e. The molecule has 0 bridgehead atoms. The van der Waals surface area contributed by atoms with Crippen molar-refractivity contribution in [2.75, 3.05) is 0 Å². The van der Waals surface area contributed by atoms with Crippen molar-refractivity contribution in [1.82, 2.24) is 4.72 Å². The van der Waals surface area contributed by atoms with Gasteiger partial charge in [-0.15, -0.1) is 0 Å². The van der Waals surface area contributed by atoms with Gasteiger partial charge >= 0.3 is 0 Å². The van der Waals surface area contributed by atoms with Crippen LogP contribution in [0.5, 0.6) is 0 Å². The minimum absolute atomic E-state index is 0.117. The van der Waals surface area contributed by atoms with Gasteiger partial charge in [0.25, 0.3) is 10.0 Å². The number of thiophene rings is 1. The van der Waals surface area contributed by atoms with Crippen molar-refractivity contribution in [3.63, 3.8) is 0 Å². The fraction of sp³-hybridized carbons (Fsp3) is 0.154. The standard InChI is InChI=1S/C13H13NO3S2/c1-10(11-5-3-2-4-6-11)13(15)14-19(16,17)12-7-8-18-9-12/h2-10H,1H3,(H,14,15). The summed E-state index contributed by atoms with van der Waals surface area (Å²) in [5, 5.41) is 3.14. The average Bonchev–Trinajstić information content (AvgIpc) is 2.93. The number of hydrogen-bond donors (Lipinski definition) is 1. The lowest BCUT2D eigenvalue weighted by Gasteiger charge is -2.12. The number of sulfonamides is 1. The molecule has 0 radical (unpaired) electrons. The quantitative estimate of drug-likeness (QED) is 0.941. The third kappa shape index (κ3) is 3.21. The van der Waals surface area contributed by atoms with Gasteiger partial charge in [-0.05, 0) is 23.9 Å². The largest absolute Gasteiger partial charge is 0.273 e. The number of rotatable bonds is 4. The van der Waals surface area contributed by atoms with Crippen molar-refractivity contribution in [3.05, 3.63) is 52.7 Å². The molecular formula is C13H13NO3S2. The van der Waals surface area contributed by atoms with Crippen molar-refractivity contribution in [2.24, 2.45) is 0 Å². The first-order chi connectivity index (χ1) is 9.00. The minimum atomic E-state index is -3.76. The van der Waals surface area contributed by atoms with E-state index < -0.39 is 21.8 Å². The Labute approximate surface area is 116 Å². The molecule has 1 amide bonds. The van der Waals surface area contributed by atoms with E-state index >= 15 is 0 Å². The van der Waals surface area contributed by atoms with E-state index in [9.17, 15) is 13.2 Å². The van der Waals surface area contributed by atoms with Crippen LogP contribution in [0.2, 0.25) is 0 Å². The van der Waals surface area contributed by atoms with Crippen LogP contribution in [0, 0.1) is 0 Å². The van der Waals surface area contributed by atoms with Crippen LogP contribution in [0.25, 0.3) is 0 Å². The van der Waals surface area contributed by atoms with Gasteiger partial charge < -0.3 is 0 Å². The van der Waals surface area contributed by atoms with Crippen LogP contribution in [0.3, 0.4) is 0 Å². The Morgan fingerprint density at radius 2 is 1.89 bits per heavy atom. The summed E-state index contributed by atoms with van der Waals surface area (Å²) >= 11 is 1.27. The second kappa shape index (κ2) is 5.54. The number of carbonyl (C=O) groups excluding carboxylic acids is 1. The van der Waals surface area contributed by atoms with Gasteiger partial charge in [0.15, 0.2) is 0 Å². The molecule has 0 aliphatic rings. The van der Waals surface area contributed by atoms with E-state index in [0.29, 0.717) is 0 Å². The van der Waals surface area contributed by atoms with E-state index in [1.807, 2.05) is 18.2 Å². The molecule has 0 aliphatic heterocycles. The Kier molecular flexibility index (Phi) is 4.01. The summed E-state index contributed by atoms with van der Waals surface area (Å²) in [7, 11) is -3.76. The SMILES string of the molecule is CC(C(=O)NS(=O)(=O)c1ccsc1)c1ccccc1. The zero-order chi connectivity index (χ0) is 13.9. The molecule has 0 saturated heterocycles. The summed E-state index contributed by atoms with van der Waals surface area (Å²) in [5.41, 5.74) is 0.778. The van der Waals surface area contributed by atoms with E-state index in [4.69, 9.17) is 0 Å². The maximum absolute atomic E-state index is 12.0. The third-order valence-electron chi connectivity index (χ3n) is 2.73. The third-order valence-corrected chi connectivity index (χ3v) is 4.91. The van der Waals surface area contributed by atoms with Gasteiger partial charge in [-0.3, -0.25) is 4.79 Å². The highest BCUT2D eigenvalue weighted by Crippen LogP contribution is 2.17. The second-order valence-corrected chi connectivity index (χ2v) is 6.52. The molecule has 4 nitrogen and oxygen atoms in total. The molecule has 1 heterocycles. The highest BCUT2D eigenvalue weighted by Gasteiger charge is 2.22. The lowest BCUT2D eigenvalue weighted by atomic mass is 10.0. The Hall–Kier alpha value is -1.66. The molecule has 0 fully saturated rings. The first-order valence-corrected chi connectivity index (χ1v) is 8.07. The van der Waals surface area contributed by atoms with Gasteiger partial charge in [0.2, 0.25) is 5.91 Å². The molecular weight excluding hydrogens is 282 g/mol. The molecule has 0 aliphatic carbocycles. The molecule has 0 spiro atoms. The maximum atomic E-state index is 12.0. The molecule has 6 heteroatoms. The summed E-state index contributed by atoms with van der Waals surface area (Å²) < 4.78 is 25.9. The molecule has 2 aromatic rings. The van der Waals surface area contributed by atoms with Gasteiger partial charge in [0.05, 0.1) is 10.8 Å². The van der Waals surface area contributed by atoms with Crippen LogP contribution in [0.1, 0.15) is 18.4 Å². The van der Waals surface area contributed by atoms with Crippen LogP contribution < -0.4 is 4.72 Å². The van der Waals surface area contributed by atoms with Crippen LogP contribution >= 0.6 is 11.3 Å². The van der Waals surface area contributed by atoms with Gasteiger partial charge in [-0.25, -0.2) is 13.1 Å². The zero-order valence-corrected chi connectivity index (χ0v) is 11.9. The topological polar surface area (TPSA) is 63.2 Å². The molecule has 1 N–H and O–H groups in total. The lowest BCUT2D eigenvalue weighted by molar-refractivity contribution is -0.120. The molecule has 1 aromatic carbocycles. The fourth-order valence-corrected chi connectivity index (χ4v) is 3.66. The van der Waals surface area contributed by atoms with Crippen LogP contribution in [0.15, 0.2) is 52.1 Å². The summed E-state index contributed by atoms with van der Waals surface area (Å²) in [6, 6.07) is 10.5. The Morgan fingerprint density at radius 1 is 1.21 bits per heavy atom. The van der Waals surface area contributed by atoms with Crippen molar-refractivity contribution in [3.8, 4) is 0 Å². The molecule has 0 saturated carbocycles. The summed E-state index contributed by atoms with van der Waals surface area (Å²) in [5.74, 6) is -1.05. The smallest absolute Gasteiger partial charge is 0.264 e. The second-order valence-electron chi connectivity index (χ2n) is 4.06. The van der Waals surface area contributed by atoms with Crippen molar-refractivity contribution in [1.29, 1.82) is 0 Å². The van der Waals surface area contributed by atoms with Crippen LogP contribution in [-0.2, 0) is 14.8 Å². The van der Waals surface area contributed by atoms with E-state index in [1.54, 1.807) is 24.4 Å². The predicted octanol–water partition coefficient (Wildman–Crippen LogP) is 2.36. The molecule has 1 atom stereocenters. The normalized spacial score (nSPS) is 12.9. The fourth-order valence-electron chi connectivity index (χ4n) is 1.58. The first kappa shape index (κ1) is 13.8.